The van der Waals surface area contributed by atoms with Crippen LogP contribution in [0.25, 0.3) is 107 Å². The van der Waals surface area contributed by atoms with E-state index in [1.807, 2.05) is 17.4 Å². The SMILES string of the molecule is c1ccc2c(c1)oc1c3cccc(-c4c5ccccc5c(-c5ccc6c7ccccc7c7ccccc7c6c5)c5ccccc45)c3sc21. The first-order valence-corrected chi connectivity index (χ1v) is 17.3. The van der Waals surface area contributed by atoms with Crippen molar-refractivity contribution in [3.05, 3.63) is 158 Å². The van der Waals surface area contributed by atoms with Crippen molar-refractivity contribution < 1.29 is 4.42 Å². The summed E-state index contributed by atoms with van der Waals surface area (Å²) in [5.41, 5.74) is 6.98. The van der Waals surface area contributed by atoms with Crippen molar-refractivity contribution >= 4 is 96.5 Å². The number of fused-ring (bicyclic) bond motifs is 13. The van der Waals surface area contributed by atoms with Gasteiger partial charge in [0.2, 0.25) is 0 Å². The predicted molar refractivity (Wildman–Crippen MR) is 208 cm³/mol. The predicted octanol–water partition coefficient (Wildman–Crippen LogP) is 13.9. The lowest BCUT2D eigenvalue weighted by atomic mass is 9.84. The molecule has 0 fully saturated rings. The van der Waals surface area contributed by atoms with E-state index in [1.165, 1.54) is 96.3 Å². The van der Waals surface area contributed by atoms with Crippen molar-refractivity contribution in [3.8, 4) is 22.3 Å². The lowest BCUT2D eigenvalue weighted by Crippen LogP contribution is -1.91. The molecule has 2 aromatic heterocycles. The average molecular weight is 627 g/mol. The van der Waals surface area contributed by atoms with Gasteiger partial charge in [0.1, 0.15) is 5.58 Å². The fourth-order valence-corrected chi connectivity index (χ4v) is 9.50. The van der Waals surface area contributed by atoms with Crippen molar-refractivity contribution in [2.24, 2.45) is 0 Å². The molecule has 0 bridgehead atoms. The van der Waals surface area contributed by atoms with E-state index in [9.17, 15) is 0 Å². The van der Waals surface area contributed by atoms with Crippen LogP contribution < -0.4 is 0 Å². The number of furan rings is 1. The van der Waals surface area contributed by atoms with Crippen LogP contribution in [0, 0.1) is 0 Å². The van der Waals surface area contributed by atoms with Gasteiger partial charge in [0.05, 0.1) is 4.70 Å². The van der Waals surface area contributed by atoms with Crippen LogP contribution >= 0.6 is 11.3 Å². The number of rotatable bonds is 2. The fourth-order valence-electron chi connectivity index (χ4n) is 8.22. The first-order chi connectivity index (χ1) is 23.8. The molecule has 1 nitrogen and oxygen atoms in total. The van der Waals surface area contributed by atoms with E-state index in [1.54, 1.807) is 0 Å². The molecular weight excluding hydrogens is 601 g/mol. The Morgan fingerprint density at radius 3 is 1.44 bits per heavy atom. The molecule has 0 unspecified atom stereocenters. The van der Waals surface area contributed by atoms with Gasteiger partial charge < -0.3 is 4.42 Å². The van der Waals surface area contributed by atoms with E-state index < -0.39 is 0 Å². The maximum atomic E-state index is 6.45. The monoisotopic (exact) mass is 626 g/mol. The van der Waals surface area contributed by atoms with Gasteiger partial charge in [-0.2, -0.15) is 0 Å². The molecule has 2 heteroatoms. The fraction of sp³-hybridized carbons (Fsp3) is 0. The van der Waals surface area contributed by atoms with E-state index in [2.05, 4.69) is 152 Å². The van der Waals surface area contributed by atoms with Gasteiger partial charge in [0, 0.05) is 21.0 Å². The molecule has 0 amide bonds. The standard InChI is InChI=1S/C46H26OS/c1-2-14-30-28(12-1)29-13-3-4-15-31(29)40-26-27(24-25-32(30)40)42-33-16-5-7-18-35(33)43(36-19-8-6-17-34(36)42)38-21-11-22-39-44-46(48-45(38)39)37-20-9-10-23-41(37)47-44/h1-26H. The molecule has 0 aliphatic carbocycles. The van der Waals surface area contributed by atoms with Crippen LogP contribution in [0.2, 0.25) is 0 Å². The van der Waals surface area contributed by atoms with Gasteiger partial charge in [-0.15, -0.1) is 11.3 Å². The van der Waals surface area contributed by atoms with Gasteiger partial charge in [-0.3, -0.25) is 0 Å². The number of benzene rings is 9. The second-order valence-electron chi connectivity index (χ2n) is 12.7. The third-order valence-electron chi connectivity index (χ3n) is 10.2. The Kier molecular flexibility index (Phi) is 5.32. The molecule has 9 aromatic carbocycles. The van der Waals surface area contributed by atoms with Crippen LogP contribution in [0.15, 0.2) is 162 Å². The Labute approximate surface area is 279 Å². The van der Waals surface area contributed by atoms with E-state index in [0.29, 0.717) is 0 Å². The van der Waals surface area contributed by atoms with Crippen LogP contribution in [0.5, 0.6) is 0 Å². The van der Waals surface area contributed by atoms with Crippen molar-refractivity contribution in [3.63, 3.8) is 0 Å². The second kappa shape index (κ2) is 9.78. The number of hydrogen-bond donors (Lipinski definition) is 0. The summed E-state index contributed by atoms with van der Waals surface area (Å²) in [6, 6.07) is 57.7. The summed E-state index contributed by atoms with van der Waals surface area (Å²) in [6.07, 6.45) is 0. The summed E-state index contributed by atoms with van der Waals surface area (Å²) in [5, 5.41) is 15.2. The van der Waals surface area contributed by atoms with Gasteiger partial charge in [-0.25, -0.2) is 0 Å². The molecule has 0 saturated heterocycles. The molecule has 2 heterocycles. The molecule has 222 valence electrons. The summed E-state index contributed by atoms with van der Waals surface area (Å²) in [5.74, 6) is 0. The summed E-state index contributed by atoms with van der Waals surface area (Å²) in [4.78, 5) is 0. The zero-order valence-corrected chi connectivity index (χ0v) is 26.6. The molecule has 0 aliphatic rings. The highest BCUT2D eigenvalue weighted by Crippen LogP contribution is 2.49. The molecule has 11 rings (SSSR count). The Hall–Kier alpha value is -5.96. The highest BCUT2D eigenvalue weighted by Gasteiger charge is 2.21. The Morgan fingerprint density at radius 1 is 0.333 bits per heavy atom. The quantitative estimate of drug-likeness (QED) is 0.137. The normalized spacial score (nSPS) is 12.2. The van der Waals surface area contributed by atoms with Crippen LogP contribution in [0.4, 0.5) is 0 Å². The number of para-hydroxylation sites is 1. The zero-order chi connectivity index (χ0) is 31.3. The third-order valence-corrected chi connectivity index (χ3v) is 11.5. The molecule has 0 N–H and O–H groups in total. The largest absolute Gasteiger partial charge is 0.454 e. The van der Waals surface area contributed by atoms with Gasteiger partial charge >= 0.3 is 0 Å². The summed E-state index contributed by atoms with van der Waals surface area (Å²) >= 11 is 1.85. The van der Waals surface area contributed by atoms with Crippen molar-refractivity contribution in [1.29, 1.82) is 0 Å². The maximum absolute atomic E-state index is 6.45. The average Bonchev–Trinajstić information content (AvgIpc) is 3.70. The van der Waals surface area contributed by atoms with E-state index in [-0.39, 0.29) is 0 Å². The number of hydrogen-bond acceptors (Lipinski definition) is 2. The number of thiophene rings is 1. The maximum Gasteiger partial charge on any atom is 0.154 e. The minimum Gasteiger partial charge on any atom is -0.454 e. The first-order valence-electron chi connectivity index (χ1n) is 16.4. The summed E-state index contributed by atoms with van der Waals surface area (Å²) in [7, 11) is 0. The lowest BCUT2D eigenvalue weighted by molar-refractivity contribution is 0.673. The molecule has 0 spiro atoms. The van der Waals surface area contributed by atoms with E-state index >= 15 is 0 Å². The third kappa shape index (κ3) is 3.50. The van der Waals surface area contributed by atoms with Gasteiger partial charge in [0.15, 0.2) is 5.58 Å². The topological polar surface area (TPSA) is 13.1 Å². The van der Waals surface area contributed by atoms with Crippen LogP contribution in [-0.4, -0.2) is 0 Å². The van der Waals surface area contributed by atoms with Crippen molar-refractivity contribution in [1.82, 2.24) is 0 Å². The van der Waals surface area contributed by atoms with Crippen molar-refractivity contribution in [2.75, 3.05) is 0 Å². The van der Waals surface area contributed by atoms with Crippen molar-refractivity contribution in [2.45, 2.75) is 0 Å². The van der Waals surface area contributed by atoms with Gasteiger partial charge in [-0.05, 0) is 94.8 Å². The van der Waals surface area contributed by atoms with E-state index in [0.717, 1.165) is 11.2 Å². The molecule has 11 aromatic rings. The summed E-state index contributed by atoms with van der Waals surface area (Å²) < 4.78 is 8.94. The molecule has 0 saturated carbocycles. The Morgan fingerprint density at radius 2 is 0.812 bits per heavy atom. The zero-order valence-electron chi connectivity index (χ0n) is 25.8. The molecule has 0 aliphatic heterocycles. The molecule has 0 radical (unpaired) electrons. The molecular formula is C46H26OS. The minimum absolute atomic E-state index is 0.947. The van der Waals surface area contributed by atoms with Crippen LogP contribution in [0.1, 0.15) is 0 Å². The highest BCUT2D eigenvalue weighted by atomic mass is 32.1. The molecule has 0 atom stereocenters. The van der Waals surface area contributed by atoms with Gasteiger partial charge in [-0.1, -0.05) is 133 Å². The minimum atomic E-state index is 0.947. The smallest absolute Gasteiger partial charge is 0.154 e. The van der Waals surface area contributed by atoms with Crippen LogP contribution in [-0.2, 0) is 0 Å². The Bertz CT molecular complexity index is 3030. The Balaban J connectivity index is 1.24. The molecule has 48 heavy (non-hydrogen) atoms. The van der Waals surface area contributed by atoms with Gasteiger partial charge in [0.25, 0.3) is 0 Å². The first kappa shape index (κ1) is 26.1. The summed E-state index contributed by atoms with van der Waals surface area (Å²) in [6.45, 7) is 0. The van der Waals surface area contributed by atoms with E-state index in [4.69, 9.17) is 4.42 Å². The van der Waals surface area contributed by atoms with Crippen LogP contribution in [0.3, 0.4) is 0 Å². The second-order valence-corrected chi connectivity index (χ2v) is 13.8. The lowest BCUT2D eigenvalue weighted by Gasteiger charge is -2.19. The highest BCUT2D eigenvalue weighted by molar-refractivity contribution is 7.27.